The molecule has 1 aromatic carbocycles. The van der Waals surface area contributed by atoms with Crippen LogP contribution in [0.2, 0.25) is 5.02 Å². The van der Waals surface area contributed by atoms with Crippen molar-refractivity contribution in [1.29, 1.82) is 0 Å². The van der Waals surface area contributed by atoms with Gasteiger partial charge in [0.15, 0.2) is 0 Å². The van der Waals surface area contributed by atoms with Crippen LogP contribution < -0.4 is 11.1 Å². The molecule has 0 aliphatic carbocycles. The highest BCUT2D eigenvalue weighted by Gasteiger charge is 2.21. The number of nitrogens with one attached hydrogen (secondary N) is 1. The fourth-order valence-electron chi connectivity index (χ4n) is 1.42. The summed E-state index contributed by atoms with van der Waals surface area (Å²) in [6.07, 6.45) is -0.335. The van der Waals surface area contributed by atoms with Crippen molar-refractivity contribution in [3.8, 4) is 0 Å². The first-order chi connectivity index (χ1) is 9.31. The lowest BCUT2D eigenvalue weighted by Crippen LogP contribution is -2.41. The Labute approximate surface area is 118 Å². The first-order valence-electron chi connectivity index (χ1n) is 5.58. The van der Waals surface area contributed by atoms with Crippen LogP contribution in [0.25, 0.3) is 0 Å². The highest BCUT2D eigenvalue weighted by Crippen LogP contribution is 2.15. The van der Waals surface area contributed by atoms with Crippen molar-refractivity contribution >= 4 is 29.4 Å². The van der Waals surface area contributed by atoms with Crippen LogP contribution in [0, 0.1) is 5.82 Å². The Balaban J connectivity index is 2.77. The number of primary amides is 1. The molecule has 20 heavy (non-hydrogen) atoms. The Morgan fingerprint density at radius 1 is 1.40 bits per heavy atom. The molecule has 1 rings (SSSR count). The number of nitrogens with two attached hydrogens (primary N) is 1. The maximum absolute atomic E-state index is 13.2. The molecule has 0 spiro atoms. The molecule has 0 aromatic heterocycles. The zero-order valence-corrected chi connectivity index (χ0v) is 11.0. The second-order valence-electron chi connectivity index (χ2n) is 4.00. The second kappa shape index (κ2) is 6.85. The minimum Gasteiger partial charge on any atom is -0.480 e. The van der Waals surface area contributed by atoms with Crippen molar-refractivity contribution in [2.45, 2.75) is 18.9 Å². The molecule has 1 aromatic rings. The number of amides is 2. The molecule has 2 amide bonds. The van der Waals surface area contributed by atoms with Gasteiger partial charge in [0.05, 0.1) is 5.02 Å². The van der Waals surface area contributed by atoms with Gasteiger partial charge in [0, 0.05) is 12.0 Å². The van der Waals surface area contributed by atoms with Crippen molar-refractivity contribution in [1.82, 2.24) is 5.32 Å². The summed E-state index contributed by atoms with van der Waals surface area (Å²) in [6.45, 7) is 0. The van der Waals surface area contributed by atoms with Crippen LogP contribution in [-0.4, -0.2) is 28.9 Å². The molecule has 0 heterocycles. The van der Waals surface area contributed by atoms with Crippen LogP contribution in [0.5, 0.6) is 0 Å². The van der Waals surface area contributed by atoms with E-state index in [0.29, 0.717) is 0 Å². The molecule has 1 unspecified atom stereocenters. The fraction of sp³-hybridized carbons (Fsp3) is 0.250. The lowest BCUT2D eigenvalue weighted by Gasteiger charge is -2.13. The molecule has 0 bridgehead atoms. The molecular weight excluding hydrogens is 291 g/mol. The van der Waals surface area contributed by atoms with Crippen LogP contribution in [0.15, 0.2) is 18.2 Å². The van der Waals surface area contributed by atoms with E-state index in [4.69, 9.17) is 22.4 Å². The van der Waals surface area contributed by atoms with Gasteiger partial charge >= 0.3 is 5.97 Å². The van der Waals surface area contributed by atoms with Gasteiger partial charge in [-0.15, -0.1) is 0 Å². The molecule has 1 atom stereocenters. The Bertz CT molecular complexity index is 550. The highest BCUT2D eigenvalue weighted by atomic mass is 35.5. The van der Waals surface area contributed by atoms with Crippen molar-refractivity contribution in [3.05, 3.63) is 34.6 Å². The number of hydrogen-bond donors (Lipinski definition) is 3. The smallest absolute Gasteiger partial charge is 0.326 e. The molecule has 0 saturated heterocycles. The van der Waals surface area contributed by atoms with Crippen LogP contribution in [0.4, 0.5) is 4.39 Å². The normalized spacial score (nSPS) is 11.7. The average Bonchev–Trinajstić information content (AvgIpc) is 2.36. The zero-order chi connectivity index (χ0) is 15.3. The second-order valence-corrected chi connectivity index (χ2v) is 4.41. The van der Waals surface area contributed by atoms with Crippen LogP contribution in [0.1, 0.15) is 23.2 Å². The SMILES string of the molecule is NC(=O)CCC(NC(=O)c1ccc(Cl)c(F)c1)C(=O)O. The minimum atomic E-state index is -1.31. The van der Waals surface area contributed by atoms with Gasteiger partial charge in [-0.25, -0.2) is 9.18 Å². The highest BCUT2D eigenvalue weighted by molar-refractivity contribution is 6.30. The van der Waals surface area contributed by atoms with E-state index in [-0.39, 0.29) is 23.4 Å². The van der Waals surface area contributed by atoms with Crippen LogP contribution in [0.3, 0.4) is 0 Å². The summed E-state index contributed by atoms with van der Waals surface area (Å²) in [6, 6.07) is 2.05. The van der Waals surface area contributed by atoms with E-state index in [1.165, 1.54) is 12.1 Å². The lowest BCUT2D eigenvalue weighted by molar-refractivity contribution is -0.139. The molecule has 108 valence electrons. The molecule has 0 aliphatic rings. The molecule has 4 N–H and O–H groups in total. The summed E-state index contributed by atoms with van der Waals surface area (Å²) in [5, 5.41) is 10.9. The molecule has 0 fully saturated rings. The Kier molecular flexibility index (Phi) is 5.45. The largest absolute Gasteiger partial charge is 0.480 e. The average molecular weight is 303 g/mol. The van der Waals surface area contributed by atoms with Gasteiger partial charge in [0.1, 0.15) is 11.9 Å². The number of carboxylic acids is 1. The molecular formula is C12H12ClFN2O4. The lowest BCUT2D eigenvalue weighted by atomic mass is 10.1. The first-order valence-corrected chi connectivity index (χ1v) is 5.96. The first kappa shape index (κ1) is 15.9. The number of carboxylic acid groups (broad SMARTS) is 1. The van der Waals surface area contributed by atoms with E-state index in [1.807, 2.05) is 0 Å². The van der Waals surface area contributed by atoms with Gasteiger partial charge in [0.25, 0.3) is 5.91 Å². The quantitative estimate of drug-likeness (QED) is 0.726. The van der Waals surface area contributed by atoms with Crippen molar-refractivity contribution in [2.24, 2.45) is 5.73 Å². The van der Waals surface area contributed by atoms with Gasteiger partial charge in [-0.3, -0.25) is 9.59 Å². The number of rotatable bonds is 6. The van der Waals surface area contributed by atoms with E-state index < -0.39 is 29.6 Å². The Hall–Kier alpha value is -2.15. The molecule has 0 radical (unpaired) electrons. The van der Waals surface area contributed by atoms with Crippen LogP contribution in [-0.2, 0) is 9.59 Å². The summed E-state index contributed by atoms with van der Waals surface area (Å²) in [7, 11) is 0. The van der Waals surface area contributed by atoms with E-state index in [1.54, 1.807) is 0 Å². The number of carbonyl (C=O) groups excluding carboxylic acids is 2. The number of benzene rings is 1. The zero-order valence-electron chi connectivity index (χ0n) is 10.2. The maximum atomic E-state index is 13.2. The predicted molar refractivity (Wildman–Crippen MR) is 68.7 cm³/mol. The summed E-state index contributed by atoms with van der Waals surface area (Å²) in [5.41, 5.74) is 4.84. The summed E-state index contributed by atoms with van der Waals surface area (Å²) < 4.78 is 13.2. The summed E-state index contributed by atoms with van der Waals surface area (Å²) >= 11 is 5.47. The molecule has 0 aliphatic heterocycles. The van der Waals surface area contributed by atoms with E-state index in [0.717, 1.165) is 6.07 Å². The fourth-order valence-corrected chi connectivity index (χ4v) is 1.54. The third-order valence-corrected chi connectivity index (χ3v) is 2.77. The minimum absolute atomic E-state index is 0.0720. The predicted octanol–water partition coefficient (Wildman–Crippen LogP) is 0.928. The third-order valence-electron chi connectivity index (χ3n) is 2.46. The van der Waals surface area contributed by atoms with Crippen molar-refractivity contribution in [3.63, 3.8) is 0 Å². The van der Waals surface area contributed by atoms with E-state index >= 15 is 0 Å². The number of halogens is 2. The Morgan fingerprint density at radius 3 is 2.55 bits per heavy atom. The standard InChI is InChI=1S/C12H12ClFN2O4/c13-7-2-1-6(5-8(7)14)11(18)16-9(12(19)20)3-4-10(15)17/h1-2,5,9H,3-4H2,(H2,15,17)(H,16,18)(H,19,20). The van der Waals surface area contributed by atoms with Crippen molar-refractivity contribution in [2.75, 3.05) is 0 Å². The summed E-state index contributed by atoms with van der Waals surface area (Å²) in [4.78, 5) is 33.3. The Morgan fingerprint density at radius 2 is 2.05 bits per heavy atom. The number of aliphatic carboxylic acids is 1. The monoisotopic (exact) mass is 302 g/mol. The molecule has 6 nitrogen and oxygen atoms in total. The third kappa shape index (κ3) is 4.51. The summed E-state index contributed by atoms with van der Waals surface area (Å²) in [5.74, 6) is -3.56. The van der Waals surface area contributed by atoms with Gasteiger partial charge in [-0.1, -0.05) is 11.6 Å². The van der Waals surface area contributed by atoms with Gasteiger partial charge in [0.2, 0.25) is 5.91 Å². The number of carbonyl (C=O) groups is 3. The maximum Gasteiger partial charge on any atom is 0.326 e. The number of hydrogen-bond acceptors (Lipinski definition) is 3. The van der Waals surface area contributed by atoms with E-state index in [9.17, 15) is 18.8 Å². The van der Waals surface area contributed by atoms with Gasteiger partial charge in [-0.05, 0) is 24.6 Å². The molecule has 0 saturated carbocycles. The van der Waals surface area contributed by atoms with Crippen LogP contribution >= 0.6 is 11.6 Å². The van der Waals surface area contributed by atoms with Gasteiger partial charge < -0.3 is 16.2 Å². The van der Waals surface area contributed by atoms with Crippen molar-refractivity contribution < 1.29 is 23.9 Å². The molecule has 8 heteroatoms. The van der Waals surface area contributed by atoms with Gasteiger partial charge in [-0.2, -0.15) is 0 Å². The topological polar surface area (TPSA) is 109 Å². The van der Waals surface area contributed by atoms with E-state index in [2.05, 4.69) is 5.32 Å².